The molecule has 25 heavy (non-hydrogen) atoms. The first-order valence-electron chi connectivity index (χ1n) is 8.99. The minimum Gasteiger partial charge on any atom is -0.365 e. The van der Waals surface area contributed by atoms with E-state index in [0.29, 0.717) is 18.4 Å². The summed E-state index contributed by atoms with van der Waals surface area (Å²) in [6.07, 6.45) is 8.33. The number of halogens is 1. The van der Waals surface area contributed by atoms with E-state index in [0.717, 1.165) is 6.42 Å². The van der Waals surface area contributed by atoms with Crippen LogP contribution in [-0.2, 0) is 4.79 Å². The minimum absolute atomic E-state index is 0.00425. The van der Waals surface area contributed by atoms with Gasteiger partial charge >= 0.3 is 0 Å². The summed E-state index contributed by atoms with van der Waals surface area (Å²) in [5.41, 5.74) is -0.466. The van der Waals surface area contributed by atoms with Gasteiger partial charge < -0.3 is 15.6 Å². The molecule has 4 rings (SSSR count). The molecule has 3 saturated carbocycles. The number of H-pyrrole nitrogens is 1. The lowest BCUT2D eigenvalue weighted by atomic mass is 9.97. The molecule has 6 nitrogen and oxygen atoms in total. The summed E-state index contributed by atoms with van der Waals surface area (Å²) >= 11 is 5.73. The van der Waals surface area contributed by atoms with Gasteiger partial charge in [0, 0.05) is 30.9 Å². The van der Waals surface area contributed by atoms with Crippen molar-refractivity contribution in [1.29, 1.82) is 0 Å². The van der Waals surface area contributed by atoms with Crippen LogP contribution in [0.3, 0.4) is 0 Å². The smallest absolute Gasteiger partial charge is 0.256 e. The third-order valence-corrected chi connectivity index (χ3v) is 5.76. The SMILES string of the molecule is O=C(NC[C@@H]1C[C@@H]1NC(=O)C(C1CC1)C1CC1)c1c[nH]cc(Cl)c1=O. The van der Waals surface area contributed by atoms with Crippen LogP contribution in [-0.4, -0.2) is 29.4 Å². The van der Waals surface area contributed by atoms with Gasteiger partial charge in [0.15, 0.2) is 0 Å². The van der Waals surface area contributed by atoms with E-state index < -0.39 is 11.3 Å². The van der Waals surface area contributed by atoms with Crippen molar-refractivity contribution in [2.45, 2.75) is 38.1 Å². The highest BCUT2D eigenvalue weighted by molar-refractivity contribution is 6.30. The van der Waals surface area contributed by atoms with Gasteiger partial charge in [0.1, 0.15) is 10.6 Å². The van der Waals surface area contributed by atoms with Crippen molar-refractivity contribution in [3.8, 4) is 0 Å². The highest BCUT2D eigenvalue weighted by Crippen LogP contribution is 2.49. The van der Waals surface area contributed by atoms with Gasteiger partial charge in [0.2, 0.25) is 11.3 Å². The Morgan fingerprint density at radius 3 is 2.52 bits per heavy atom. The summed E-state index contributed by atoms with van der Waals surface area (Å²) in [5.74, 6) is 1.41. The molecule has 1 heterocycles. The average molecular weight is 364 g/mol. The van der Waals surface area contributed by atoms with E-state index >= 15 is 0 Å². The minimum atomic E-state index is -0.477. The maximum Gasteiger partial charge on any atom is 0.256 e. The van der Waals surface area contributed by atoms with E-state index in [2.05, 4.69) is 15.6 Å². The summed E-state index contributed by atoms with van der Waals surface area (Å²) in [4.78, 5) is 39.1. The molecule has 0 radical (unpaired) electrons. The van der Waals surface area contributed by atoms with Crippen LogP contribution in [0.2, 0.25) is 5.02 Å². The molecular formula is C18H22ClN3O3. The number of amides is 2. The van der Waals surface area contributed by atoms with Gasteiger partial charge in [0.25, 0.3) is 5.91 Å². The topological polar surface area (TPSA) is 91.1 Å². The maximum absolute atomic E-state index is 12.5. The van der Waals surface area contributed by atoms with Crippen molar-refractivity contribution in [2.24, 2.45) is 23.7 Å². The number of nitrogens with one attached hydrogen (secondary N) is 3. The first-order chi connectivity index (χ1) is 12.0. The molecule has 2 atom stereocenters. The van der Waals surface area contributed by atoms with Crippen molar-refractivity contribution < 1.29 is 9.59 Å². The number of aromatic amines is 1. The third-order valence-electron chi connectivity index (χ3n) is 5.48. The predicted octanol–water partition coefficient (Wildman–Crippen LogP) is 1.70. The van der Waals surface area contributed by atoms with E-state index in [1.54, 1.807) is 0 Å². The van der Waals surface area contributed by atoms with E-state index in [1.807, 2.05) is 0 Å². The van der Waals surface area contributed by atoms with Crippen LogP contribution in [0, 0.1) is 23.7 Å². The molecule has 3 fully saturated rings. The fraction of sp³-hybridized carbons (Fsp3) is 0.611. The largest absolute Gasteiger partial charge is 0.365 e. The van der Waals surface area contributed by atoms with Crippen molar-refractivity contribution >= 4 is 23.4 Å². The molecule has 2 amide bonds. The molecule has 0 aromatic carbocycles. The van der Waals surface area contributed by atoms with E-state index in [9.17, 15) is 14.4 Å². The summed E-state index contributed by atoms with van der Waals surface area (Å²) in [6.45, 7) is 0.452. The van der Waals surface area contributed by atoms with E-state index in [-0.39, 0.29) is 34.4 Å². The van der Waals surface area contributed by atoms with Crippen molar-refractivity contribution in [3.05, 3.63) is 33.2 Å². The number of rotatable bonds is 7. The Bertz CT molecular complexity index is 742. The molecule has 0 aliphatic heterocycles. The normalized spacial score (nSPS) is 24.9. The Hall–Kier alpha value is -1.82. The van der Waals surface area contributed by atoms with Gasteiger partial charge in [0.05, 0.1) is 0 Å². The van der Waals surface area contributed by atoms with Crippen LogP contribution in [0.1, 0.15) is 42.5 Å². The molecule has 0 bridgehead atoms. The lowest BCUT2D eigenvalue weighted by molar-refractivity contribution is -0.126. The Balaban J connectivity index is 1.25. The number of carbonyl (C=O) groups is 2. The summed E-state index contributed by atoms with van der Waals surface area (Å²) in [5, 5.41) is 5.91. The molecule has 3 N–H and O–H groups in total. The third kappa shape index (κ3) is 3.73. The Labute approximate surface area is 150 Å². The quantitative estimate of drug-likeness (QED) is 0.688. The monoisotopic (exact) mass is 363 g/mol. The first-order valence-corrected chi connectivity index (χ1v) is 9.37. The summed E-state index contributed by atoms with van der Waals surface area (Å²) < 4.78 is 0. The Kier molecular flexibility index (Phi) is 4.31. The fourth-order valence-electron chi connectivity index (χ4n) is 3.60. The van der Waals surface area contributed by atoms with Crippen LogP contribution in [0.25, 0.3) is 0 Å². The Morgan fingerprint density at radius 2 is 1.88 bits per heavy atom. The van der Waals surface area contributed by atoms with Crippen LogP contribution >= 0.6 is 11.6 Å². The maximum atomic E-state index is 12.5. The molecule has 7 heteroatoms. The first kappa shape index (κ1) is 16.6. The van der Waals surface area contributed by atoms with Gasteiger partial charge in [-0.2, -0.15) is 0 Å². The molecule has 0 unspecified atom stereocenters. The van der Waals surface area contributed by atoms with Crippen molar-refractivity contribution in [1.82, 2.24) is 15.6 Å². The molecular weight excluding hydrogens is 342 g/mol. The second-order valence-electron chi connectivity index (χ2n) is 7.57. The second kappa shape index (κ2) is 6.48. The van der Waals surface area contributed by atoms with Gasteiger partial charge in [-0.05, 0) is 49.9 Å². The molecule has 134 valence electrons. The molecule has 3 aliphatic carbocycles. The number of pyridine rings is 1. The zero-order chi connectivity index (χ0) is 17.6. The van der Waals surface area contributed by atoms with Crippen LogP contribution in [0.5, 0.6) is 0 Å². The van der Waals surface area contributed by atoms with Crippen LogP contribution in [0.15, 0.2) is 17.2 Å². The number of aromatic nitrogens is 1. The zero-order valence-electron chi connectivity index (χ0n) is 13.9. The van der Waals surface area contributed by atoms with Gasteiger partial charge in [-0.25, -0.2) is 0 Å². The second-order valence-corrected chi connectivity index (χ2v) is 7.97. The number of hydrogen-bond donors (Lipinski definition) is 3. The molecule has 1 aromatic heterocycles. The van der Waals surface area contributed by atoms with Gasteiger partial charge in [-0.3, -0.25) is 14.4 Å². The summed E-state index contributed by atoms with van der Waals surface area (Å²) in [6, 6.07) is 0.144. The van der Waals surface area contributed by atoms with Gasteiger partial charge in [-0.15, -0.1) is 0 Å². The Morgan fingerprint density at radius 1 is 1.20 bits per heavy atom. The van der Waals surface area contributed by atoms with E-state index in [1.165, 1.54) is 38.1 Å². The predicted molar refractivity (Wildman–Crippen MR) is 93.4 cm³/mol. The highest BCUT2D eigenvalue weighted by atomic mass is 35.5. The number of hydrogen-bond acceptors (Lipinski definition) is 3. The molecule has 1 aromatic rings. The standard InChI is InChI=1S/C18H22ClN3O3/c19-13-8-20-7-12(16(13)23)17(24)21-6-11-5-14(11)22-18(25)15(9-1-2-9)10-3-4-10/h7-11,14-15H,1-6H2,(H,20,23)(H,21,24)(H,22,25)/t11-,14-/m0/s1. The molecule has 0 spiro atoms. The highest BCUT2D eigenvalue weighted by Gasteiger charge is 2.47. The molecule has 3 aliphatic rings. The number of carbonyl (C=O) groups excluding carboxylic acids is 2. The molecule has 0 saturated heterocycles. The van der Waals surface area contributed by atoms with Crippen LogP contribution in [0.4, 0.5) is 0 Å². The zero-order valence-corrected chi connectivity index (χ0v) is 14.6. The average Bonchev–Trinajstić information content (AvgIpc) is 3.42. The van der Waals surface area contributed by atoms with E-state index in [4.69, 9.17) is 11.6 Å². The van der Waals surface area contributed by atoms with Crippen molar-refractivity contribution in [2.75, 3.05) is 6.54 Å². The summed E-state index contributed by atoms with van der Waals surface area (Å²) in [7, 11) is 0. The van der Waals surface area contributed by atoms with Crippen LogP contribution < -0.4 is 16.1 Å². The van der Waals surface area contributed by atoms with Gasteiger partial charge in [-0.1, -0.05) is 11.6 Å². The lowest BCUT2D eigenvalue weighted by Gasteiger charge is -2.15. The van der Waals surface area contributed by atoms with Crippen molar-refractivity contribution in [3.63, 3.8) is 0 Å². The fourth-order valence-corrected chi connectivity index (χ4v) is 3.76. The lowest BCUT2D eigenvalue weighted by Crippen LogP contribution is -2.37.